The number of ether oxygens (including phenoxy) is 1. The molecule has 2 fully saturated rings. The molecule has 2 aromatic rings. The number of aromatic nitrogens is 2. The maximum absolute atomic E-state index is 12.7. The fraction of sp³-hybridized carbons (Fsp3) is 0.478. The molecule has 2 saturated heterocycles. The van der Waals surface area contributed by atoms with Crippen LogP contribution >= 0.6 is 0 Å². The molecule has 9 heteroatoms. The molecule has 2 aliphatic rings. The Labute approximate surface area is 186 Å². The van der Waals surface area contributed by atoms with Gasteiger partial charge in [0.15, 0.2) is 5.78 Å². The average Bonchev–Trinajstić information content (AvgIpc) is 3.30. The van der Waals surface area contributed by atoms with Crippen LogP contribution in [0.15, 0.2) is 36.5 Å². The minimum absolute atomic E-state index is 0.172. The van der Waals surface area contributed by atoms with Crippen molar-refractivity contribution in [2.24, 2.45) is 0 Å². The molecule has 1 amide bonds. The molecule has 170 valence electrons. The zero-order valence-corrected chi connectivity index (χ0v) is 18.2. The summed E-state index contributed by atoms with van der Waals surface area (Å²) in [4.78, 5) is 40.1. The second-order valence-electron chi connectivity index (χ2n) is 8.45. The van der Waals surface area contributed by atoms with Gasteiger partial charge >= 0.3 is 12.0 Å². The maximum atomic E-state index is 12.7. The van der Waals surface area contributed by atoms with Gasteiger partial charge in [0.2, 0.25) is 0 Å². The van der Waals surface area contributed by atoms with Crippen LogP contribution in [0.4, 0.5) is 4.79 Å². The Kier molecular flexibility index (Phi) is 6.38. The second kappa shape index (κ2) is 9.22. The lowest BCUT2D eigenvalue weighted by Gasteiger charge is -2.35. The highest BCUT2D eigenvalue weighted by atomic mass is 16.5. The molecule has 3 heterocycles. The summed E-state index contributed by atoms with van der Waals surface area (Å²) < 4.78 is 6.61. The van der Waals surface area contributed by atoms with Gasteiger partial charge < -0.3 is 14.7 Å². The van der Waals surface area contributed by atoms with Gasteiger partial charge in [0.1, 0.15) is 5.69 Å². The number of nitrogens with zero attached hydrogens (tertiary/aromatic N) is 4. The predicted molar refractivity (Wildman–Crippen MR) is 116 cm³/mol. The molecule has 0 aliphatic carbocycles. The number of Topliss-reactive ketones (excluding diaryl/α,β-unsaturated/α-hetero) is 1. The van der Waals surface area contributed by atoms with Crippen molar-refractivity contribution in [3.05, 3.63) is 53.3 Å². The number of benzene rings is 1. The normalized spacial score (nSPS) is 19.0. The average molecular weight is 441 g/mol. The summed E-state index contributed by atoms with van der Waals surface area (Å²) in [5.41, 5.74) is 1.29. The molecule has 1 N–H and O–H groups in total. The molecule has 1 aromatic heterocycles. The monoisotopic (exact) mass is 440 g/mol. The number of hydrogen-bond acceptors (Lipinski definition) is 6. The molecule has 4 rings (SSSR count). The lowest BCUT2D eigenvalue weighted by molar-refractivity contribution is -0.147. The highest BCUT2D eigenvalue weighted by Crippen LogP contribution is 2.35. The number of piperazine rings is 1. The number of carboxylic acid groups (broad SMARTS) is 1. The minimum atomic E-state index is -0.887. The quantitative estimate of drug-likeness (QED) is 0.709. The molecule has 1 aromatic carbocycles. The summed E-state index contributed by atoms with van der Waals surface area (Å²) in [7, 11) is 0. The third-order valence-corrected chi connectivity index (χ3v) is 6.43. The largest absolute Gasteiger partial charge is 0.481 e. The van der Waals surface area contributed by atoms with Crippen LogP contribution in [0.2, 0.25) is 0 Å². The maximum Gasteiger partial charge on any atom is 0.344 e. The first-order valence-electron chi connectivity index (χ1n) is 10.9. The topological polar surface area (TPSA) is 105 Å². The SMILES string of the molecule is CC(=O)c1ccn(C(=O)N2CCN(Cc3cccc(C4(C(=O)O)CCOCC4)c3)CC2)n1. The van der Waals surface area contributed by atoms with E-state index in [1.165, 1.54) is 17.8 Å². The number of aliphatic carboxylic acids is 1. The van der Waals surface area contributed by atoms with Crippen LogP contribution in [0, 0.1) is 0 Å². The number of carbonyl (C=O) groups excluding carboxylic acids is 2. The molecular weight excluding hydrogens is 412 g/mol. The van der Waals surface area contributed by atoms with E-state index in [0.717, 1.165) is 11.1 Å². The van der Waals surface area contributed by atoms with Gasteiger partial charge in [-0.2, -0.15) is 9.78 Å². The van der Waals surface area contributed by atoms with E-state index < -0.39 is 11.4 Å². The van der Waals surface area contributed by atoms with Crippen LogP contribution in [0.25, 0.3) is 0 Å². The van der Waals surface area contributed by atoms with Crippen molar-refractivity contribution in [1.29, 1.82) is 0 Å². The first kappa shape index (κ1) is 22.2. The lowest BCUT2D eigenvalue weighted by atomic mass is 9.74. The van der Waals surface area contributed by atoms with Gasteiger partial charge in [0.05, 0.1) is 5.41 Å². The Morgan fingerprint density at radius 3 is 2.44 bits per heavy atom. The number of rotatable bonds is 5. The fourth-order valence-corrected chi connectivity index (χ4v) is 4.43. The summed E-state index contributed by atoms with van der Waals surface area (Å²) >= 11 is 0. The first-order valence-corrected chi connectivity index (χ1v) is 10.9. The number of amides is 1. The number of ketones is 1. The molecule has 0 saturated carbocycles. The van der Waals surface area contributed by atoms with Crippen LogP contribution < -0.4 is 0 Å². The summed E-state index contributed by atoms with van der Waals surface area (Å²) in [6.45, 7) is 5.55. The summed E-state index contributed by atoms with van der Waals surface area (Å²) in [6, 6.07) is 9.16. The number of hydrogen-bond donors (Lipinski definition) is 1. The van der Waals surface area contributed by atoms with E-state index in [-0.39, 0.29) is 17.5 Å². The van der Waals surface area contributed by atoms with Crippen molar-refractivity contribution in [1.82, 2.24) is 19.6 Å². The van der Waals surface area contributed by atoms with Gasteiger partial charge in [0, 0.05) is 59.1 Å². The van der Waals surface area contributed by atoms with Gasteiger partial charge in [-0.05, 0) is 30.0 Å². The van der Waals surface area contributed by atoms with Crippen molar-refractivity contribution < 1.29 is 24.2 Å². The van der Waals surface area contributed by atoms with Crippen molar-refractivity contribution in [2.75, 3.05) is 39.4 Å². The van der Waals surface area contributed by atoms with Gasteiger partial charge in [-0.3, -0.25) is 14.5 Å². The Balaban J connectivity index is 1.38. The van der Waals surface area contributed by atoms with Crippen LogP contribution in [0.3, 0.4) is 0 Å². The first-order chi connectivity index (χ1) is 15.4. The second-order valence-corrected chi connectivity index (χ2v) is 8.45. The fourth-order valence-electron chi connectivity index (χ4n) is 4.43. The summed E-state index contributed by atoms with van der Waals surface area (Å²) in [5.74, 6) is -0.967. The van der Waals surface area contributed by atoms with Crippen molar-refractivity contribution >= 4 is 17.8 Å². The summed E-state index contributed by atoms with van der Waals surface area (Å²) in [6.07, 6.45) is 2.47. The van der Waals surface area contributed by atoms with Crippen molar-refractivity contribution in [3.63, 3.8) is 0 Å². The third-order valence-electron chi connectivity index (χ3n) is 6.43. The molecule has 0 bridgehead atoms. The molecule has 0 atom stereocenters. The van der Waals surface area contributed by atoms with Gasteiger partial charge in [-0.15, -0.1) is 0 Å². The van der Waals surface area contributed by atoms with Gasteiger partial charge in [0.25, 0.3) is 0 Å². The van der Waals surface area contributed by atoms with Crippen LogP contribution in [-0.2, 0) is 21.5 Å². The molecular formula is C23H28N4O5. The van der Waals surface area contributed by atoms with Crippen LogP contribution in [0.5, 0.6) is 0 Å². The standard InChI is InChI=1S/C23H28N4O5/c1-17(28)20-5-8-27(24-20)22(31)26-11-9-25(10-12-26)16-18-3-2-4-19(15-18)23(21(29)30)6-13-32-14-7-23/h2-5,8,15H,6-7,9-14,16H2,1H3,(H,29,30). The lowest BCUT2D eigenvalue weighted by Crippen LogP contribution is -2.49. The third kappa shape index (κ3) is 4.44. The molecule has 32 heavy (non-hydrogen) atoms. The van der Waals surface area contributed by atoms with Crippen LogP contribution in [-0.4, -0.2) is 81.9 Å². The van der Waals surface area contributed by atoms with Gasteiger partial charge in [-0.1, -0.05) is 24.3 Å². The highest BCUT2D eigenvalue weighted by Gasteiger charge is 2.42. The Morgan fingerprint density at radius 1 is 1.09 bits per heavy atom. The molecule has 0 spiro atoms. The smallest absolute Gasteiger partial charge is 0.344 e. The molecule has 2 aliphatic heterocycles. The number of carboxylic acids is 1. The van der Waals surface area contributed by atoms with E-state index in [4.69, 9.17) is 4.74 Å². The van der Waals surface area contributed by atoms with Crippen molar-refractivity contribution in [3.8, 4) is 0 Å². The zero-order chi connectivity index (χ0) is 22.7. The van der Waals surface area contributed by atoms with E-state index in [1.54, 1.807) is 11.0 Å². The van der Waals surface area contributed by atoms with E-state index >= 15 is 0 Å². The zero-order valence-electron chi connectivity index (χ0n) is 18.2. The molecule has 0 unspecified atom stereocenters. The molecule has 0 radical (unpaired) electrons. The Bertz CT molecular complexity index is 1000. The Morgan fingerprint density at radius 2 is 1.81 bits per heavy atom. The van der Waals surface area contributed by atoms with E-state index in [0.29, 0.717) is 58.8 Å². The predicted octanol–water partition coefficient (Wildman–Crippen LogP) is 2.00. The minimum Gasteiger partial charge on any atom is -0.481 e. The van der Waals surface area contributed by atoms with Gasteiger partial charge in [-0.25, -0.2) is 4.79 Å². The van der Waals surface area contributed by atoms with E-state index in [2.05, 4.69) is 10.00 Å². The van der Waals surface area contributed by atoms with E-state index in [9.17, 15) is 19.5 Å². The molecule has 9 nitrogen and oxygen atoms in total. The van der Waals surface area contributed by atoms with Crippen molar-refractivity contribution in [2.45, 2.75) is 31.7 Å². The van der Waals surface area contributed by atoms with E-state index in [1.807, 2.05) is 24.3 Å². The Hall–Kier alpha value is -3.04. The highest BCUT2D eigenvalue weighted by molar-refractivity contribution is 5.92. The number of carbonyl (C=O) groups is 3. The van der Waals surface area contributed by atoms with Crippen LogP contribution in [0.1, 0.15) is 41.4 Å². The summed E-state index contributed by atoms with van der Waals surface area (Å²) in [5, 5.41) is 14.0.